The number of carbonyl (C=O) groups is 2. The molecular weight excluding hydrogens is 566 g/mol. The fourth-order valence-corrected chi connectivity index (χ4v) is 7.23. The molecule has 2 aliphatic carbocycles. The average molecular weight is 601 g/mol. The summed E-state index contributed by atoms with van der Waals surface area (Å²) in [6, 6.07) is 18.5. The van der Waals surface area contributed by atoms with Crippen molar-refractivity contribution in [3.63, 3.8) is 0 Å². The van der Waals surface area contributed by atoms with Crippen molar-refractivity contribution in [1.29, 1.82) is 0 Å². The van der Waals surface area contributed by atoms with Crippen molar-refractivity contribution in [3.05, 3.63) is 92.7 Å². The third-order valence-corrected chi connectivity index (χ3v) is 8.91. The highest BCUT2D eigenvalue weighted by Gasteiger charge is 2.43. The molecular formula is C34H34BrNO4. The van der Waals surface area contributed by atoms with E-state index in [2.05, 4.69) is 52.0 Å². The van der Waals surface area contributed by atoms with Crippen LogP contribution in [-0.4, -0.2) is 29.6 Å². The molecule has 0 fully saturated rings. The maximum Gasteiger partial charge on any atom is 0.175 e. The van der Waals surface area contributed by atoms with Crippen molar-refractivity contribution in [2.24, 2.45) is 0 Å². The van der Waals surface area contributed by atoms with Gasteiger partial charge >= 0.3 is 0 Å². The van der Waals surface area contributed by atoms with Gasteiger partial charge in [-0.25, -0.2) is 0 Å². The lowest BCUT2D eigenvalue weighted by atomic mass is 9.71. The van der Waals surface area contributed by atoms with Crippen molar-refractivity contribution < 1.29 is 19.1 Å². The minimum Gasteiger partial charge on any atom is -0.490 e. The van der Waals surface area contributed by atoms with Gasteiger partial charge < -0.3 is 14.4 Å². The van der Waals surface area contributed by atoms with Crippen LogP contribution in [0.4, 0.5) is 0 Å². The Hall–Kier alpha value is -3.38. The van der Waals surface area contributed by atoms with Crippen LogP contribution in [0.25, 0.3) is 10.8 Å². The molecule has 0 atom stereocenters. The number of ether oxygens (including phenoxy) is 2. The number of allylic oxidation sites excluding steroid dienone is 4. The van der Waals surface area contributed by atoms with Gasteiger partial charge in [0.15, 0.2) is 23.1 Å². The predicted molar refractivity (Wildman–Crippen MR) is 160 cm³/mol. The highest BCUT2D eigenvalue weighted by atomic mass is 79.9. The van der Waals surface area contributed by atoms with E-state index in [1.54, 1.807) is 0 Å². The Morgan fingerprint density at radius 2 is 1.52 bits per heavy atom. The number of rotatable bonds is 7. The van der Waals surface area contributed by atoms with Crippen molar-refractivity contribution in [2.75, 3.05) is 13.2 Å². The zero-order chi connectivity index (χ0) is 27.8. The number of halogens is 1. The van der Waals surface area contributed by atoms with E-state index >= 15 is 0 Å². The molecule has 0 saturated heterocycles. The zero-order valence-corrected chi connectivity index (χ0v) is 24.7. The van der Waals surface area contributed by atoms with Crippen LogP contribution in [0.3, 0.4) is 0 Å². The minimum atomic E-state index is -0.379. The summed E-state index contributed by atoms with van der Waals surface area (Å²) in [5.74, 6) is 1.16. The molecule has 0 spiro atoms. The Balaban J connectivity index is 1.44. The zero-order valence-electron chi connectivity index (χ0n) is 23.1. The van der Waals surface area contributed by atoms with Crippen molar-refractivity contribution in [3.8, 4) is 11.5 Å². The number of ketones is 2. The largest absolute Gasteiger partial charge is 0.490 e. The summed E-state index contributed by atoms with van der Waals surface area (Å²) >= 11 is 3.77. The average Bonchev–Trinajstić information content (AvgIpc) is 2.96. The number of fused-ring (bicyclic) bond motifs is 1. The highest BCUT2D eigenvalue weighted by Crippen LogP contribution is 2.51. The first kappa shape index (κ1) is 26.8. The van der Waals surface area contributed by atoms with E-state index in [0.29, 0.717) is 37.6 Å². The topological polar surface area (TPSA) is 55.8 Å². The van der Waals surface area contributed by atoms with E-state index in [9.17, 15) is 9.59 Å². The van der Waals surface area contributed by atoms with Crippen LogP contribution in [0.1, 0.15) is 69.4 Å². The maximum absolute atomic E-state index is 13.5. The van der Waals surface area contributed by atoms with E-state index < -0.39 is 0 Å². The van der Waals surface area contributed by atoms with Gasteiger partial charge in [-0.3, -0.25) is 9.59 Å². The van der Waals surface area contributed by atoms with Crippen LogP contribution in [0.2, 0.25) is 0 Å². The highest BCUT2D eigenvalue weighted by molar-refractivity contribution is 9.10. The van der Waals surface area contributed by atoms with Gasteiger partial charge in [0.05, 0.1) is 11.1 Å². The Morgan fingerprint density at radius 1 is 0.850 bits per heavy atom. The van der Waals surface area contributed by atoms with Gasteiger partial charge in [0.1, 0.15) is 6.61 Å². The first-order chi connectivity index (χ1) is 19.5. The summed E-state index contributed by atoms with van der Waals surface area (Å²) in [5, 5.41) is 2.33. The molecule has 5 nitrogen and oxygen atoms in total. The first-order valence-electron chi connectivity index (χ1n) is 14.4. The molecule has 3 aliphatic rings. The molecule has 6 rings (SSSR count). The van der Waals surface area contributed by atoms with Crippen LogP contribution in [0, 0.1) is 0 Å². The number of nitrogens with zero attached hydrogens (tertiary/aromatic N) is 1. The summed E-state index contributed by atoms with van der Waals surface area (Å²) in [7, 11) is 0. The lowest BCUT2D eigenvalue weighted by Crippen LogP contribution is -2.39. The van der Waals surface area contributed by atoms with Gasteiger partial charge in [-0.1, -0.05) is 42.5 Å². The molecule has 0 amide bonds. The molecule has 0 aromatic heterocycles. The van der Waals surface area contributed by atoms with Crippen LogP contribution in [-0.2, 0) is 16.2 Å². The van der Waals surface area contributed by atoms with E-state index in [4.69, 9.17) is 9.47 Å². The van der Waals surface area contributed by atoms with Gasteiger partial charge in [-0.05, 0) is 89.5 Å². The molecule has 40 heavy (non-hydrogen) atoms. The molecule has 3 aromatic rings. The molecule has 0 saturated carbocycles. The Bertz CT molecular complexity index is 1520. The summed E-state index contributed by atoms with van der Waals surface area (Å²) in [6.07, 6.45) is 4.48. The molecule has 206 valence electrons. The molecule has 0 radical (unpaired) electrons. The molecule has 6 heteroatoms. The Morgan fingerprint density at radius 3 is 2.20 bits per heavy atom. The fourth-order valence-electron chi connectivity index (χ4n) is 6.66. The van der Waals surface area contributed by atoms with Crippen LogP contribution in [0.15, 0.2) is 81.6 Å². The smallest absolute Gasteiger partial charge is 0.175 e. The van der Waals surface area contributed by atoms with Crippen molar-refractivity contribution in [1.82, 2.24) is 4.90 Å². The van der Waals surface area contributed by atoms with Gasteiger partial charge in [-0.2, -0.15) is 0 Å². The van der Waals surface area contributed by atoms with E-state index in [-0.39, 0.29) is 17.5 Å². The second-order valence-corrected chi connectivity index (χ2v) is 11.5. The minimum absolute atomic E-state index is 0.153. The van der Waals surface area contributed by atoms with Gasteiger partial charge in [0, 0.05) is 47.8 Å². The lowest BCUT2D eigenvalue weighted by Gasteiger charge is -2.43. The molecule has 3 aromatic carbocycles. The van der Waals surface area contributed by atoms with Gasteiger partial charge in [0.25, 0.3) is 0 Å². The number of carbonyl (C=O) groups excluding carboxylic acids is 2. The maximum atomic E-state index is 13.5. The molecule has 0 bridgehead atoms. The Labute approximate surface area is 244 Å². The van der Waals surface area contributed by atoms with Crippen molar-refractivity contribution >= 4 is 38.3 Å². The van der Waals surface area contributed by atoms with Crippen LogP contribution >= 0.6 is 15.9 Å². The fraction of sp³-hybridized carbons (Fsp3) is 0.353. The summed E-state index contributed by atoms with van der Waals surface area (Å²) in [6.45, 7) is 5.68. The van der Waals surface area contributed by atoms with Gasteiger partial charge in [-0.15, -0.1) is 0 Å². The number of hydrogen-bond donors (Lipinski definition) is 0. The number of hydrogen-bond acceptors (Lipinski definition) is 5. The van der Waals surface area contributed by atoms with Crippen molar-refractivity contribution in [2.45, 2.75) is 64.9 Å². The summed E-state index contributed by atoms with van der Waals surface area (Å²) in [5.41, 5.74) is 5.77. The standard InChI is InChI=1S/C34H34BrNO4/c1-3-36-26-14-8-16-28(37)32(26)31(33-27(36)15-9-17-29(33)38)23-18-25(35)34(30(19-23)39-4-2)40-20-22-12-7-11-21-10-5-6-13-24(21)22/h5-7,10-13,18-19,31H,3-4,8-9,14-17,20H2,1-2H3. The second-order valence-electron chi connectivity index (χ2n) is 10.6. The lowest BCUT2D eigenvalue weighted by molar-refractivity contribution is -0.117. The predicted octanol–water partition coefficient (Wildman–Crippen LogP) is 8.01. The molecule has 1 aliphatic heterocycles. The SMILES string of the molecule is CCOc1cc(C2C3=C(CCCC3=O)N(CC)C3=C2C(=O)CCC3)cc(Br)c1OCc1cccc2ccccc12. The van der Waals surface area contributed by atoms with Crippen LogP contribution < -0.4 is 9.47 Å². The summed E-state index contributed by atoms with van der Waals surface area (Å²) in [4.78, 5) is 29.3. The molecule has 0 N–H and O–H groups in total. The summed E-state index contributed by atoms with van der Waals surface area (Å²) < 4.78 is 13.3. The van der Waals surface area contributed by atoms with E-state index in [1.165, 1.54) is 5.39 Å². The van der Waals surface area contributed by atoms with Gasteiger partial charge in [0.2, 0.25) is 0 Å². The van der Waals surface area contributed by atoms with E-state index in [0.717, 1.165) is 75.8 Å². The third kappa shape index (κ3) is 4.66. The quantitative estimate of drug-likeness (QED) is 0.275. The van der Waals surface area contributed by atoms with E-state index in [1.807, 2.05) is 37.3 Å². The molecule has 0 unspecified atom stereocenters. The first-order valence-corrected chi connectivity index (χ1v) is 15.2. The number of Topliss-reactive ketones (excluding diaryl/α,β-unsaturated/α-hetero) is 2. The third-order valence-electron chi connectivity index (χ3n) is 8.32. The molecule has 1 heterocycles. The Kier molecular flexibility index (Phi) is 7.54. The van der Waals surface area contributed by atoms with Crippen LogP contribution in [0.5, 0.6) is 11.5 Å². The normalized spacial score (nSPS) is 17.8. The second kappa shape index (κ2) is 11.2. The monoisotopic (exact) mass is 599 g/mol. The number of benzene rings is 3.